The van der Waals surface area contributed by atoms with Gasteiger partial charge in [-0.15, -0.1) is 0 Å². The van der Waals surface area contributed by atoms with Gasteiger partial charge in [-0.25, -0.2) is 9.59 Å². The molecule has 2 amide bonds. The molecular weight excluding hydrogens is 416 g/mol. The Kier molecular flexibility index (Phi) is 5.15. The minimum Gasteiger partial charge on any atom is -0.478 e. The Labute approximate surface area is 180 Å². The van der Waals surface area contributed by atoms with E-state index in [1.54, 1.807) is 36.4 Å². The summed E-state index contributed by atoms with van der Waals surface area (Å²) in [4.78, 5) is 61.5. The molecule has 0 fully saturated rings. The lowest BCUT2D eigenvalue weighted by Gasteiger charge is -2.26. The molecule has 0 aliphatic carbocycles. The van der Waals surface area contributed by atoms with Crippen LogP contribution in [0, 0.1) is 0 Å². The highest BCUT2D eigenvalue weighted by molar-refractivity contribution is 6.26. The molecule has 1 heterocycles. The fourth-order valence-corrected chi connectivity index (χ4v) is 3.63. The summed E-state index contributed by atoms with van der Waals surface area (Å²) in [6.07, 6.45) is 0. The highest BCUT2D eigenvalue weighted by Gasteiger charge is 2.33. The number of carbonyl (C=O) groups is 5. The van der Waals surface area contributed by atoms with Crippen LogP contribution in [-0.4, -0.2) is 57.7 Å². The van der Waals surface area contributed by atoms with E-state index in [1.165, 1.54) is 12.1 Å². The summed E-state index contributed by atoms with van der Waals surface area (Å²) in [6, 6.07) is 13.6. The van der Waals surface area contributed by atoms with Crippen LogP contribution in [0.1, 0.15) is 41.4 Å². The maximum absolute atomic E-state index is 12.9. The van der Waals surface area contributed by atoms with E-state index >= 15 is 0 Å². The van der Waals surface area contributed by atoms with Crippen molar-refractivity contribution in [3.05, 3.63) is 76.9 Å². The number of rotatable bonds is 7. The normalized spacial score (nSPS) is 12.7. The molecule has 0 saturated carbocycles. The first-order valence-corrected chi connectivity index (χ1v) is 9.51. The summed E-state index contributed by atoms with van der Waals surface area (Å²) in [5.41, 5.74) is 0.261. The molecule has 9 heteroatoms. The Morgan fingerprint density at radius 3 is 1.84 bits per heavy atom. The lowest BCUT2D eigenvalue weighted by atomic mass is 9.94. The number of carboxylic acid groups (broad SMARTS) is 2. The number of benzene rings is 3. The highest BCUT2D eigenvalue weighted by Crippen LogP contribution is 2.29. The number of carboxylic acids is 2. The Morgan fingerprint density at radius 2 is 1.34 bits per heavy atom. The van der Waals surface area contributed by atoms with Crippen LogP contribution >= 0.6 is 0 Å². The van der Waals surface area contributed by atoms with Gasteiger partial charge in [0.15, 0.2) is 5.78 Å². The molecule has 0 atom stereocenters. The van der Waals surface area contributed by atoms with E-state index < -0.39 is 36.1 Å². The molecule has 32 heavy (non-hydrogen) atoms. The molecule has 9 nitrogen and oxygen atoms in total. The molecule has 0 bridgehead atoms. The highest BCUT2D eigenvalue weighted by atomic mass is 16.4. The molecule has 160 valence electrons. The molecule has 0 radical (unpaired) electrons. The molecule has 3 N–H and O–H groups in total. The third-order valence-corrected chi connectivity index (χ3v) is 5.11. The first kappa shape index (κ1) is 20.7. The predicted molar refractivity (Wildman–Crippen MR) is 113 cm³/mol. The second-order valence-corrected chi connectivity index (χ2v) is 7.21. The van der Waals surface area contributed by atoms with Crippen molar-refractivity contribution < 1.29 is 34.2 Å². The van der Waals surface area contributed by atoms with Crippen molar-refractivity contribution in [1.82, 2.24) is 4.90 Å². The third-order valence-electron chi connectivity index (χ3n) is 5.11. The van der Waals surface area contributed by atoms with E-state index in [0.29, 0.717) is 16.5 Å². The molecule has 0 saturated heterocycles. The number of imide groups is 1. The standard InChI is InChI=1S/C23H16N2O7/c26-16(10-24-15-8-13(22(29)30)7-14(9-15)23(31)32)11-25-20(27)17-5-1-3-12-4-2-6-18(19(12)17)21(25)28/h1-9,24H,10-11H2,(H,29,30)(H,31,32). The molecular formula is C23H16N2O7. The van der Waals surface area contributed by atoms with Crippen molar-refractivity contribution in [3.63, 3.8) is 0 Å². The van der Waals surface area contributed by atoms with Gasteiger partial charge in [0.05, 0.1) is 24.2 Å². The monoisotopic (exact) mass is 432 g/mol. The number of carbonyl (C=O) groups excluding carboxylic acids is 3. The number of Topliss-reactive ketones (excluding diaryl/α,β-unsaturated/α-hetero) is 1. The topological polar surface area (TPSA) is 141 Å². The zero-order valence-corrected chi connectivity index (χ0v) is 16.5. The Balaban J connectivity index is 1.52. The smallest absolute Gasteiger partial charge is 0.335 e. The maximum atomic E-state index is 12.9. The zero-order valence-electron chi connectivity index (χ0n) is 16.5. The summed E-state index contributed by atoms with van der Waals surface area (Å²) in [5.74, 6) is -4.31. The van der Waals surface area contributed by atoms with E-state index in [1.807, 2.05) is 0 Å². The number of amides is 2. The van der Waals surface area contributed by atoms with Gasteiger partial charge >= 0.3 is 11.9 Å². The van der Waals surface area contributed by atoms with Gasteiger partial charge in [0.1, 0.15) is 0 Å². The van der Waals surface area contributed by atoms with Crippen LogP contribution in [0.25, 0.3) is 10.8 Å². The summed E-state index contributed by atoms with van der Waals surface area (Å²) in [6.45, 7) is -0.829. The van der Waals surface area contributed by atoms with Crippen LogP contribution in [0.4, 0.5) is 5.69 Å². The van der Waals surface area contributed by atoms with Crippen LogP contribution in [0.3, 0.4) is 0 Å². The quantitative estimate of drug-likeness (QED) is 0.484. The number of aromatic carboxylic acids is 2. The summed E-state index contributed by atoms with van der Waals surface area (Å²) in [7, 11) is 0. The first-order chi connectivity index (χ1) is 15.3. The van der Waals surface area contributed by atoms with Crippen LogP contribution in [0.15, 0.2) is 54.6 Å². The van der Waals surface area contributed by atoms with Crippen molar-refractivity contribution in [1.29, 1.82) is 0 Å². The molecule has 1 aliphatic heterocycles. The van der Waals surface area contributed by atoms with Crippen LogP contribution in [-0.2, 0) is 4.79 Å². The second-order valence-electron chi connectivity index (χ2n) is 7.21. The Hall–Kier alpha value is -4.53. The second kappa shape index (κ2) is 7.95. The van der Waals surface area contributed by atoms with Crippen LogP contribution < -0.4 is 5.32 Å². The van der Waals surface area contributed by atoms with Gasteiger partial charge in [-0.3, -0.25) is 19.3 Å². The fraction of sp³-hybridized carbons (Fsp3) is 0.0870. The molecule has 0 unspecified atom stereocenters. The fourth-order valence-electron chi connectivity index (χ4n) is 3.63. The number of ketones is 1. The summed E-state index contributed by atoms with van der Waals surface area (Å²) >= 11 is 0. The first-order valence-electron chi connectivity index (χ1n) is 9.51. The van der Waals surface area contributed by atoms with Crippen molar-refractivity contribution in [2.75, 3.05) is 18.4 Å². The average Bonchev–Trinajstić information content (AvgIpc) is 2.78. The molecule has 1 aliphatic rings. The molecule has 0 spiro atoms. The number of nitrogens with zero attached hydrogens (tertiary/aromatic N) is 1. The van der Waals surface area contributed by atoms with Gasteiger partial charge in [-0.1, -0.05) is 24.3 Å². The van der Waals surface area contributed by atoms with E-state index in [-0.39, 0.29) is 23.4 Å². The number of anilines is 1. The molecule has 3 aromatic carbocycles. The maximum Gasteiger partial charge on any atom is 0.335 e. The van der Waals surface area contributed by atoms with Gasteiger partial charge in [0.25, 0.3) is 11.8 Å². The summed E-state index contributed by atoms with van der Waals surface area (Å²) in [5, 5.41) is 22.3. The van der Waals surface area contributed by atoms with Crippen LogP contribution in [0.2, 0.25) is 0 Å². The SMILES string of the molecule is O=C(CNc1cc(C(=O)O)cc(C(=O)O)c1)CN1C(=O)c2cccc3cccc(c23)C1=O. The molecule has 3 aromatic rings. The van der Waals surface area contributed by atoms with Gasteiger partial charge in [0.2, 0.25) is 0 Å². The average molecular weight is 432 g/mol. The molecule has 0 aromatic heterocycles. The van der Waals surface area contributed by atoms with E-state index in [4.69, 9.17) is 10.2 Å². The number of hydrogen-bond acceptors (Lipinski definition) is 6. The summed E-state index contributed by atoms with van der Waals surface area (Å²) < 4.78 is 0. The van der Waals surface area contributed by atoms with Gasteiger partial charge in [-0.2, -0.15) is 0 Å². The van der Waals surface area contributed by atoms with Crippen molar-refractivity contribution >= 4 is 46.0 Å². The van der Waals surface area contributed by atoms with E-state index in [2.05, 4.69) is 5.32 Å². The van der Waals surface area contributed by atoms with Gasteiger partial charge < -0.3 is 15.5 Å². The van der Waals surface area contributed by atoms with Gasteiger partial charge in [0, 0.05) is 22.2 Å². The predicted octanol–water partition coefficient (Wildman–Crippen LogP) is 2.51. The molecule has 4 rings (SSSR count). The Morgan fingerprint density at radius 1 is 0.812 bits per heavy atom. The lowest BCUT2D eigenvalue weighted by molar-refractivity contribution is -0.117. The zero-order chi connectivity index (χ0) is 23.0. The van der Waals surface area contributed by atoms with E-state index in [0.717, 1.165) is 16.4 Å². The van der Waals surface area contributed by atoms with Crippen LogP contribution in [0.5, 0.6) is 0 Å². The van der Waals surface area contributed by atoms with Crippen molar-refractivity contribution in [2.45, 2.75) is 0 Å². The minimum atomic E-state index is -1.32. The lowest BCUT2D eigenvalue weighted by Crippen LogP contribution is -2.44. The van der Waals surface area contributed by atoms with Gasteiger partial charge in [-0.05, 0) is 35.7 Å². The number of nitrogens with one attached hydrogen (secondary N) is 1. The van der Waals surface area contributed by atoms with E-state index in [9.17, 15) is 24.0 Å². The third kappa shape index (κ3) is 3.67. The van der Waals surface area contributed by atoms with Crippen molar-refractivity contribution in [3.8, 4) is 0 Å². The Bertz CT molecular complexity index is 1250. The van der Waals surface area contributed by atoms with Crippen molar-refractivity contribution in [2.24, 2.45) is 0 Å². The minimum absolute atomic E-state index is 0.113. The largest absolute Gasteiger partial charge is 0.478 e. The number of hydrogen-bond donors (Lipinski definition) is 3.